The first-order valence-electron chi connectivity index (χ1n) is 7.26. The highest BCUT2D eigenvalue weighted by atomic mass is 16.4. The second kappa shape index (κ2) is 8.15. The summed E-state index contributed by atoms with van der Waals surface area (Å²) in [5.74, 6) is -1.77. The van der Waals surface area contributed by atoms with Gasteiger partial charge in [-0.3, -0.25) is 9.59 Å². The molecule has 1 rings (SSSR count). The van der Waals surface area contributed by atoms with Gasteiger partial charge in [-0.25, -0.2) is 0 Å². The molecule has 1 saturated carbocycles. The highest BCUT2D eigenvalue weighted by Crippen LogP contribution is 2.25. The van der Waals surface area contributed by atoms with E-state index in [9.17, 15) is 14.7 Å². The molecule has 0 spiro atoms. The van der Waals surface area contributed by atoms with E-state index in [0.29, 0.717) is 19.3 Å². The first kappa shape index (κ1) is 16.0. The molecule has 0 amide bonds. The van der Waals surface area contributed by atoms with Gasteiger partial charge in [-0.15, -0.1) is 0 Å². The molecule has 0 saturated heterocycles. The Morgan fingerprint density at radius 3 is 2.26 bits per heavy atom. The summed E-state index contributed by atoms with van der Waals surface area (Å²) < 4.78 is 0. The Hall–Kier alpha value is -1.10. The molecule has 19 heavy (non-hydrogen) atoms. The van der Waals surface area contributed by atoms with Gasteiger partial charge in [-0.05, 0) is 32.1 Å². The molecule has 0 radical (unpaired) electrons. The van der Waals surface area contributed by atoms with Crippen LogP contribution in [0.5, 0.6) is 0 Å². The molecule has 0 heterocycles. The van der Waals surface area contributed by atoms with Gasteiger partial charge in [0.2, 0.25) is 0 Å². The lowest BCUT2D eigenvalue weighted by Gasteiger charge is -2.29. The van der Waals surface area contributed by atoms with E-state index in [1.54, 1.807) is 0 Å². The number of rotatable bonds is 8. The number of hydrogen-bond acceptors (Lipinski definition) is 3. The molecule has 5 heteroatoms. The van der Waals surface area contributed by atoms with Crippen LogP contribution in [0.15, 0.2) is 0 Å². The van der Waals surface area contributed by atoms with E-state index in [1.807, 2.05) is 0 Å². The normalized spacial score (nSPS) is 24.9. The summed E-state index contributed by atoms with van der Waals surface area (Å²) in [7, 11) is 0. The van der Waals surface area contributed by atoms with Crippen molar-refractivity contribution in [1.82, 2.24) is 5.32 Å². The minimum absolute atomic E-state index is 0.151. The number of hydrogen-bond donors (Lipinski definition) is 3. The first-order chi connectivity index (χ1) is 9.04. The lowest BCUT2D eigenvalue weighted by molar-refractivity contribution is -0.144. The standard InChI is InChI=1S/C14H25NO4/c1-2-3-4-5-12(14(18)19)15-11-8-6-10(7-9-11)13(16)17/h10-12,15H,2-9H2,1H3,(H,16,17)(H,18,19). The highest BCUT2D eigenvalue weighted by Gasteiger charge is 2.28. The fourth-order valence-corrected chi connectivity index (χ4v) is 2.67. The van der Waals surface area contributed by atoms with Crippen LogP contribution in [0.25, 0.3) is 0 Å². The SMILES string of the molecule is CCCCCC(NC1CCC(C(=O)O)CC1)C(=O)O. The third-order valence-electron chi connectivity index (χ3n) is 3.91. The number of unbranched alkanes of at least 4 members (excludes halogenated alkanes) is 2. The van der Waals surface area contributed by atoms with Crippen molar-refractivity contribution in [3.8, 4) is 0 Å². The topological polar surface area (TPSA) is 86.6 Å². The van der Waals surface area contributed by atoms with E-state index in [4.69, 9.17) is 5.11 Å². The number of nitrogens with one attached hydrogen (secondary N) is 1. The molecule has 1 aliphatic rings. The van der Waals surface area contributed by atoms with Crippen LogP contribution in [0.4, 0.5) is 0 Å². The quantitative estimate of drug-likeness (QED) is 0.589. The molecule has 110 valence electrons. The lowest BCUT2D eigenvalue weighted by Crippen LogP contribution is -2.45. The predicted octanol–water partition coefficient (Wildman–Crippen LogP) is 2.25. The van der Waals surface area contributed by atoms with E-state index in [1.165, 1.54) is 0 Å². The first-order valence-corrected chi connectivity index (χ1v) is 7.26. The van der Waals surface area contributed by atoms with Gasteiger partial charge in [0.05, 0.1) is 5.92 Å². The van der Waals surface area contributed by atoms with Crippen molar-refractivity contribution >= 4 is 11.9 Å². The fraction of sp³-hybridized carbons (Fsp3) is 0.857. The Kier molecular flexibility index (Phi) is 6.84. The lowest BCUT2D eigenvalue weighted by atomic mass is 9.85. The summed E-state index contributed by atoms with van der Waals surface area (Å²) in [6.45, 7) is 2.09. The zero-order valence-electron chi connectivity index (χ0n) is 11.6. The van der Waals surface area contributed by atoms with Crippen molar-refractivity contribution in [2.75, 3.05) is 0 Å². The van der Waals surface area contributed by atoms with Crippen LogP contribution in [0.1, 0.15) is 58.3 Å². The summed E-state index contributed by atoms with van der Waals surface area (Å²) in [4.78, 5) is 22.0. The van der Waals surface area contributed by atoms with E-state index < -0.39 is 18.0 Å². The summed E-state index contributed by atoms with van der Waals surface area (Å²) >= 11 is 0. The Morgan fingerprint density at radius 1 is 1.16 bits per heavy atom. The Bertz CT molecular complexity index is 298. The van der Waals surface area contributed by atoms with Gasteiger partial charge < -0.3 is 15.5 Å². The van der Waals surface area contributed by atoms with Crippen molar-refractivity contribution in [2.45, 2.75) is 70.4 Å². The number of carbonyl (C=O) groups is 2. The molecule has 1 fully saturated rings. The van der Waals surface area contributed by atoms with Gasteiger partial charge in [-0.2, -0.15) is 0 Å². The van der Waals surface area contributed by atoms with Crippen LogP contribution in [0.3, 0.4) is 0 Å². The molecule has 1 aliphatic carbocycles. The molecule has 0 aliphatic heterocycles. The van der Waals surface area contributed by atoms with Crippen molar-refractivity contribution in [3.05, 3.63) is 0 Å². The fourth-order valence-electron chi connectivity index (χ4n) is 2.67. The largest absolute Gasteiger partial charge is 0.481 e. The Morgan fingerprint density at radius 2 is 1.79 bits per heavy atom. The van der Waals surface area contributed by atoms with E-state index >= 15 is 0 Å². The van der Waals surface area contributed by atoms with Gasteiger partial charge in [0, 0.05) is 6.04 Å². The molecule has 0 bridgehead atoms. The smallest absolute Gasteiger partial charge is 0.320 e. The van der Waals surface area contributed by atoms with Crippen molar-refractivity contribution < 1.29 is 19.8 Å². The molecule has 0 aromatic heterocycles. The second-order valence-electron chi connectivity index (χ2n) is 5.44. The van der Waals surface area contributed by atoms with Gasteiger partial charge in [-0.1, -0.05) is 26.2 Å². The second-order valence-corrected chi connectivity index (χ2v) is 5.44. The van der Waals surface area contributed by atoms with Crippen molar-refractivity contribution in [3.63, 3.8) is 0 Å². The Labute approximate surface area is 114 Å². The van der Waals surface area contributed by atoms with Crippen LogP contribution in [0.2, 0.25) is 0 Å². The molecular weight excluding hydrogens is 246 g/mol. The number of carboxylic acids is 2. The van der Waals surface area contributed by atoms with E-state index in [0.717, 1.165) is 32.1 Å². The van der Waals surface area contributed by atoms with Crippen LogP contribution < -0.4 is 5.32 Å². The van der Waals surface area contributed by atoms with Gasteiger partial charge in [0.1, 0.15) is 6.04 Å². The molecule has 0 aromatic carbocycles. The summed E-state index contributed by atoms with van der Waals surface area (Å²) in [5.41, 5.74) is 0. The molecule has 5 nitrogen and oxygen atoms in total. The average Bonchev–Trinajstić information content (AvgIpc) is 2.38. The highest BCUT2D eigenvalue weighted by molar-refractivity contribution is 5.73. The van der Waals surface area contributed by atoms with Crippen molar-refractivity contribution in [2.24, 2.45) is 5.92 Å². The molecule has 1 unspecified atom stereocenters. The number of aliphatic carboxylic acids is 2. The van der Waals surface area contributed by atoms with Gasteiger partial charge in [0.25, 0.3) is 0 Å². The molecular formula is C14H25NO4. The van der Waals surface area contributed by atoms with Gasteiger partial charge >= 0.3 is 11.9 Å². The summed E-state index contributed by atoms with van der Waals surface area (Å²) in [6.07, 6.45) is 6.52. The maximum atomic E-state index is 11.2. The monoisotopic (exact) mass is 271 g/mol. The van der Waals surface area contributed by atoms with Crippen molar-refractivity contribution in [1.29, 1.82) is 0 Å². The van der Waals surface area contributed by atoms with Crippen LogP contribution in [-0.4, -0.2) is 34.2 Å². The van der Waals surface area contributed by atoms with E-state index in [2.05, 4.69) is 12.2 Å². The third kappa shape index (κ3) is 5.59. The molecule has 1 atom stereocenters. The Balaban J connectivity index is 2.35. The zero-order chi connectivity index (χ0) is 14.3. The van der Waals surface area contributed by atoms with E-state index in [-0.39, 0.29) is 12.0 Å². The van der Waals surface area contributed by atoms with Crippen LogP contribution in [-0.2, 0) is 9.59 Å². The predicted molar refractivity (Wildman–Crippen MR) is 72.1 cm³/mol. The maximum Gasteiger partial charge on any atom is 0.320 e. The summed E-state index contributed by atoms with van der Waals surface area (Å²) in [5, 5.41) is 21.3. The van der Waals surface area contributed by atoms with Crippen LogP contribution in [0, 0.1) is 5.92 Å². The maximum absolute atomic E-state index is 11.2. The number of carboxylic acid groups (broad SMARTS) is 2. The third-order valence-corrected chi connectivity index (χ3v) is 3.91. The minimum Gasteiger partial charge on any atom is -0.481 e. The zero-order valence-corrected chi connectivity index (χ0v) is 11.6. The van der Waals surface area contributed by atoms with Gasteiger partial charge in [0.15, 0.2) is 0 Å². The minimum atomic E-state index is -0.795. The molecule has 3 N–H and O–H groups in total. The molecule has 0 aromatic rings. The average molecular weight is 271 g/mol. The summed E-state index contributed by atoms with van der Waals surface area (Å²) in [6, 6.07) is -0.337. The van der Waals surface area contributed by atoms with Crippen LogP contribution >= 0.6 is 0 Å².